The molecule has 92 valence electrons. The fraction of sp³-hybridized carbons (Fsp3) is 0.250. The molecule has 8 nitrogen and oxygen atoms in total. The maximum absolute atomic E-state index is 11.9. The maximum Gasteiger partial charge on any atom is 0.267 e. The van der Waals surface area contributed by atoms with Crippen molar-refractivity contribution >= 4 is 21.5 Å². The fourth-order valence-corrected chi connectivity index (χ4v) is 2.35. The molecule has 4 N–H and O–H groups in total. The number of rotatable bonds is 4. The molecule has 0 atom stereocenters. The minimum atomic E-state index is -3.72. The van der Waals surface area contributed by atoms with Gasteiger partial charge in [-0.05, 0) is 6.92 Å². The van der Waals surface area contributed by atoms with Crippen LogP contribution in [0.4, 0.5) is 11.5 Å². The molecule has 2 aromatic rings. The first-order chi connectivity index (χ1) is 8.03. The third kappa shape index (κ3) is 2.23. The number of aryl methyl sites for hydroxylation is 1. The van der Waals surface area contributed by atoms with Gasteiger partial charge in [0, 0.05) is 12.7 Å². The van der Waals surface area contributed by atoms with E-state index in [1.54, 1.807) is 10.9 Å². The Kier molecular flexibility index (Phi) is 2.76. The Balaban J connectivity index is 2.26. The van der Waals surface area contributed by atoms with Gasteiger partial charge in [-0.2, -0.15) is 10.2 Å². The van der Waals surface area contributed by atoms with Gasteiger partial charge in [-0.15, -0.1) is 0 Å². The first kappa shape index (κ1) is 11.5. The zero-order valence-electron chi connectivity index (χ0n) is 9.08. The zero-order chi connectivity index (χ0) is 12.5. The SMILES string of the molecule is CCn1cc(NS(=O)(=O)c2cn[nH]c2N)cn1. The van der Waals surface area contributed by atoms with Crippen LogP contribution in [-0.2, 0) is 16.6 Å². The summed E-state index contributed by atoms with van der Waals surface area (Å²) in [4.78, 5) is -0.0817. The lowest BCUT2D eigenvalue weighted by atomic mass is 10.6. The average Bonchev–Trinajstić information content (AvgIpc) is 2.86. The van der Waals surface area contributed by atoms with Gasteiger partial charge in [0.1, 0.15) is 10.7 Å². The summed E-state index contributed by atoms with van der Waals surface area (Å²) in [5.41, 5.74) is 5.84. The Bertz CT molecular complexity index is 614. The Hall–Kier alpha value is -2.03. The van der Waals surface area contributed by atoms with E-state index in [1.165, 1.54) is 6.20 Å². The molecule has 2 heterocycles. The van der Waals surface area contributed by atoms with E-state index in [0.29, 0.717) is 12.2 Å². The molecule has 0 aromatic carbocycles. The second-order valence-corrected chi connectivity index (χ2v) is 4.99. The molecule has 0 aliphatic rings. The second kappa shape index (κ2) is 4.09. The number of sulfonamides is 1. The monoisotopic (exact) mass is 256 g/mol. The van der Waals surface area contributed by atoms with Crippen molar-refractivity contribution in [1.29, 1.82) is 0 Å². The van der Waals surface area contributed by atoms with Gasteiger partial charge in [-0.25, -0.2) is 8.42 Å². The summed E-state index contributed by atoms with van der Waals surface area (Å²) in [7, 11) is -3.72. The van der Waals surface area contributed by atoms with Crippen LogP contribution in [0, 0.1) is 0 Å². The highest BCUT2D eigenvalue weighted by Crippen LogP contribution is 2.18. The number of nitrogens with one attached hydrogen (secondary N) is 2. The van der Waals surface area contributed by atoms with E-state index >= 15 is 0 Å². The first-order valence-electron chi connectivity index (χ1n) is 4.87. The number of hydrogen-bond donors (Lipinski definition) is 3. The van der Waals surface area contributed by atoms with E-state index in [1.807, 2.05) is 6.92 Å². The van der Waals surface area contributed by atoms with Crippen molar-refractivity contribution in [3.05, 3.63) is 18.6 Å². The molecular formula is C8H12N6O2S. The Morgan fingerprint density at radius 3 is 2.82 bits per heavy atom. The zero-order valence-corrected chi connectivity index (χ0v) is 9.90. The second-order valence-electron chi connectivity index (χ2n) is 3.34. The normalized spacial score (nSPS) is 11.6. The number of hydrogen-bond acceptors (Lipinski definition) is 5. The van der Waals surface area contributed by atoms with Crippen LogP contribution in [0.25, 0.3) is 0 Å². The van der Waals surface area contributed by atoms with E-state index in [2.05, 4.69) is 20.0 Å². The van der Waals surface area contributed by atoms with Crippen molar-refractivity contribution < 1.29 is 8.42 Å². The summed E-state index contributed by atoms with van der Waals surface area (Å²) in [6.45, 7) is 2.56. The minimum absolute atomic E-state index is 0.000355. The van der Waals surface area contributed by atoms with Gasteiger partial charge in [0.2, 0.25) is 0 Å². The van der Waals surface area contributed by atoms with Crippen LogP contribution < -0.4 is 10.5 Å². The first-order valence-corrected chi connectivity index (χ1v) is 6.35. The molecule has 2 aromatic heterocycles. The molecule has 0 spiro atoms. The van der Waals surface area contributed by atoms with Crippen molar-refractivity contribution in [2.45, 2.75) is 18.4 Å². The van der Waals surface area contributed by atoms with E-state index in [0.717, 1.165) is 6.20 Å². The predicted molar refractivity (Wildman–Crippen MR) is 61.7 cm³/mol. The standard InChI is InChI=1S/C8H12N6O2S/c1-2-14-5-6(3-11-14)13-17(15,16)7-4-10-12-8(7)9/h3-5,13H,2H2,1H3,(H3,9,10,12). The molecule has 17 heavy (non-hydrogen) atoms. The number of nitrogens with two attached hydrogens (primary N) is 1. The van der Waals surface area contributed by atoms with Gasteiger partial charge >= 0.3 is 0 Å². The van der Waals surface area contributed by atoms with Crippen LogP contribution in [0.5, 0.6) is 0 Å². The summed E-state index contributed by atoms with van der Waals surface area (Å²) in [6.07, 6.45) is 4.17. The molecule has 0 radical (unpaired) electrons. The smallest absolute Gasteiger partial charge is 0.267 e. The third-order valence-electron chi connectivity index (χ3n) is 2.13. The third-order valence-corrected chi connectivity index (χ3v) is 3.54. The maximum atomic E-state index is 11.9. The van der Waals surface area contributed by atoms with Crippen LogP contribution >= 0.6 is 0 Å². The van der Waals surface area contributed by atoms with Gasteiger partial charge < -0.3 is 5.73 Å². The lowest BCUT2D eigenvalue weighted by Gasteiger charge is -2.03. The van der Waals surface area contributed by atoms with Crippen molar-refractivity contribution in [2.75, 3.05) is 10.5 Å². The number of nitrogen functional groups attached to an aromatic ring is 1. The number of nitrogens with zero attached hydrogens (tertiary/aromatic N) is 3. The molecule has 0 saturated heterocycles. The van der Waals surface area contributed by atoms with Crippen LogP contribution in [0.2, 0.25) is 0 Å². The summed E-state index contributed by atoms with van der Waals surface area (Å²) >= 11 is 0. The lowest BCUT2D eigenvalue weighted by Crippen LogP contribution is -2.13. The summed E-state index contributed by atoms with van der Waals surface area (Å²) in [6, 6.07) is 0. The number of anilines is 2. The van der Waals surface area contributed by atoms with Crippen LogP contribution in [0.3, 0.4) is 0 Å². The van der Waals surface area contributed by atoms with Crippen molar-refractivity contribution in [3.63, 3.8) is 0 Å². The number of aromatic amines is 1. The molecule has 0 fully saturated rings. The van der Waals surface area contributed by atoms with Crippen molar-refractivity contribution in [1.82, 2.24) is 20.0 Å². The number of H-pyrrole nitrogens is 1. The fourth-order valence-electron chi connectivity index (χ4n) is 1.30. The van der Waals surface area contributed by atoms with E-state index in [-0.39, 0.29) is 10.7 Å². The van der Waals surface area contributed by atoms with Crippen LogP contribution in [0.15, 0.2) is 23.5 Å². The quantitative estimate of drug-likeness (QED) is 0.712. The highest BCUT2D eigenvalue weighted by Gasteiger charge is 2.19. The molecule has 0 bridgehead atoms. The molecular weight excluding hydrogens is 244 g/mol. The molecule has 0 aliphatic carbocycles. The lowest BCUT2D eigenvalue weighted by molar-refractivity contribution is 0.601. The molecule has 0 unspecified atom stereocenters. The van der Waals surface area contributed by atoms with Crippen LogP contribution in [-0.4, -0.2) is 28.4 Å². The minimum Gasteiger partial charge on any atom is -0.383 e. The van der Waals surface area contributed by atoms with E-state index < -0.39 is 10.0 Å². The topological polar surface area (TPSA) is 119 Å². The predicted octanol–water partition coefficient (Wildman–Crippen LogP) is 0.00910. The average molecular weight is 256 g/mol. The molecule has 0 aliphatic heterocycles. The summed E-state index contributed by atoms with van der Waals surface area (Å²) < 4.78 is 27.8. The van der Waals surface area contributed by atoms with Gasteiger partial charge in [0.05, 0.1) is 18.1 Å². The van der Waals surface area contributed by atoms with Gasteiger partial charge in [-0.3, -0.25) is 14.5 Å². The highest BCUT2D eigenvalue weighted by molar-refractivity contribution is 7.92. The molecule has 2 rings (SSSR count). The van der Waals surface area contributed by atoms with Crippen molar-refractivity contribution in [2.24, 2.45) is 0 Å². The van der Waals surface area contributed by atoms with Gasteiger partial charge in [0.15, 0.2) is 0 Å². The Morgan fingerprint density at radius 2 is 2.29 bits per heavy atom. The highest BCUT2D eigenvalue weighted by atomic mass is 32.2. The van der Waals surface area contributed by atoms with Crippen LogP contribution in [0.1, 0.15) is 6.92 Å². The van der Waals surface area contributed by atoms with Gasteiger partial charge in [0.25, 0.3) is 10.0 Å². The Labute approximate surface area is 97.9 Å². The summed E-state index contributed by atoms with van der Waals surface area (Å²) in [5.74, 6) is 0.000355. The largest absolute Gasteiger partial charge is 0.383 e. The Morgan fingerprint density at radius 1 is 1.53 bits per heavy atom. The molecule has 0 saturated carbocycles. The summed E-state index contributed by atoms with van der Waals surface area (Å²) in [5, 5.41) is 9.88. The van der Waals surface area contributed by atoms with E-state index in [9.17, 15) is 8.42 Å². The van der Waals surface area contributed by atoms with Crippen molar-refractivity contribution in [3.8, 4) is 0 Å². The number of aromatic nitrogens is 4. The van der Waals surface area contributed by atoms with Gasteiger partial charge in [-0.1, -0.05) is 0 Å². The molecule has 0 amide bonds. The molecule has 9 heteroatoms. The van der Waals surface area contributed by atoms with E-state index in [4.69, 9.17) is 5.73 Å².